The molecule has 0 unspecified atom stereocenters. The maximum Gasteiger partial charge on any atom is 0.161 e. The standard InChI is InChI=1S/C16H23NO5S/c1-2-17(13-10-23(19,20)11-14(13)18)9-12-4-5-15-16(8-12)22-7-3-6-21-15/h4-5,8,13-14,18H,2-3,6-7,9-11H2,1H3/t13-,14-/m0/s1. The van der Waals surface area contributed by atoms with Crippen LogP contribution >= 0.6 is 0 Å². The summed E-state index contributed by atoms with van der Waals surface area (Å²) in [6, 6.07) is 5.46. The van der Waals surface area contributed by atoms with Crippen molar-refractivity contribution in [3.05, 3.63) is 23.8 Å². The summed E-state index contributed by atoms with van der Waals surface area (Å²) >= 11 is 0. The molecule has 0 bridgehead atoms. The zero-order valence-corrected chi connectivity index (χ0v) is 14.1. The number of nitrogens with zero attached hydrogens (tertiary/aromatic N) is 1. The first kappa shape index (κ1) is 16.5. The Labute approximate surface area is 136 Å². The first-order valence-electron chi connectivity index (χ1n) is 7.99. The number of likely N-dealkylation sites (N-methyl/N-ethyl adjacent to an activating group) is 1. The van der Waals surface area contributed by atoms with Crippen molar-refractivity contribution in [2.24, 2.45) is 0 Å². The van der Waals surface area contributed by atoms with Crippen molar-refractivity contribution in [3.63, 3.8) is 0 Å². The highest BCUT2D eigenvalue weighted by Gasteiger charge is 2.39. The monoisotopic (exact) mass is 341 g/mol. The molecule has 0 amide bonds. The van der Waals surface area contributed by atoms with E-state index < -0.39 is 15.9 Å². The highest BCUT2D eigenvalue weighted by molar-refractivity contribution is 7.91. The van der Waals surface area contributed by atoms with Crippen LogP contribution in [0.2, 0.25) is 0 Å². The van der Waals surface area contributed by atoms with Crippen LogP contribution in [0.15, 0.2) is 18.2 Å². The fraction of sp³-hybridized carbons (Fsp3) is 0.625. The Bertz CT molecular complexity index is 660. The number of ether oxygens (including phenoxy) is 2. The summed E-state index contributed by atoms with van der Waals surface area (Å²) in [6.45, 7) is 4.50. The Hall–Kier alpha value is -1.31. The Morgan fingerprint density at radius 2 is 1.96 bits per heavy atom. The van der Waals surface area contributed by atoms with Gasteiger partial charge in [-0.1, -0.05) is 13.0 Å². The van der Waals surface area contributed by atoms with E-state index in [1.165, 1.54) is 0 Å². The first-order chi connectivity index (χ1) is 11.0. The lowest BCUT2D eigenvalue weighted by Gasteiger charge is -2.29. The zero-order chi connectivity index (χ0) is 16.4. The van der Waals surface area contributed by atoms with Crippen LogP contribution in [-0.2, 0) is 16.4 Å². The second kappa shape index (κ2) is 6.67. The van der Waals surface area contributed by atoms with E-state index in [1.54, 1.807) is 0 Å². The minimum absolute atomic E-state index is 0.0204. The van der Waals surface area contributed by atoms with Crippen molar-refractivity contribution < 1.29 is 23.0 Å². The molecule has 128 valence electrons. The molecular formula is C16H23NO5S. The smallest absolute Gasteiger partial charge is 0.161 e. The fourth-order valence-corrected chi connectivity index (χ4v) is 5.00. The lowest BCUT2D eigenvalue weighted by atomic mass is 10.1. The van der Waals surface area contributed by atoms with Crippen LogP contribution in [0.25, 0.3) is 0 Å². The van der Waals surface area contributed by atoms with Gasteiger partial charge in [-0.15, -0.1) is 0 Å². The van der Waals surface area contributed by atoms with E-state index in [0.29, 0.717) is 26.3 Å². The average Bonchev–Trinajstić information content (AvgIpc) is 2.67. The molecule has 7 heteroatoms. The van der Waals surface area contributed by atoms with E-state index in [2.05, 4.69) is 0 Å². The summed E-state index contributed by atoms with van der Waals surface area (Å²) in [4.78, 5) is 2.01. The summed E-state index contributed by atoms with van der Waals surface area (Å²) in [6.07, 6.45) is 0.0392. The molecule has 2 aliphatic rings. The number of hydrogen-bond acceptors (Lipinski definition) is 6. The number of benzene rings is 1. The predicted molar refractivity (Wildman–Crippen MR) is 86.6 cm³/mol. The number of fused-ring (bicyclic) bond motifs is 1. The Morgan fingerprint density at radius 1 is 1.22 bits per heavy atom. The van der Waals surface area contributed by atoms with Gasteiger partial charge in [0.15, 0.2) is 21.3 Å². The summed E-state index contributed by atoms with van der Waals surface area (Å²) in [7, 11) is -3.15. The maximum absolute atomic E-state index is 11.7. The Morgan fingerprint density at radius 3 is 2.61 bits per heavy atom. The van der Waals surface area contributed by atoms with E-state index in [0.717, 1.165) is 23.5 Å². The number of hydrogen-bond donors (Lipinski definition) is 1. The molecule has 0 saturated carbocycles. The van der Waals surface area contributed by atoms with Crippen LogP contribution in [0.4, 0.5) is 0 Å². The minimum atomic E-state index is -3.15. The lowest BCUT2D eigenvalue weighted by molar-refractivity contribution is 0.0818. The summed E-state index contributed by atoms with van der Waals surface area (Å²) in [5.74, 6) is 1.36. The van der Waals surface area contributed by atoms with Crippen LogP contribution in [0.1, 0.15) is 18.9 Å². The van der Waals surface area contributed by atoms with Gasteiger partial charge in [-0.2, -0.15) is 0 Å². The molecule has 2 heterocycles. The van der Waals surface area contributed by atoms with Gasteiger partial charge >= 0.3 is 0 Å². The molecule has 1 aromatic rings. The molecule has 0 spiro atoms. The third-order valence-electron chi connectivity index (χ3n) is 4.37. The van der Waals surface area contributed by atoms with Crippen LogP contribution in [0.5, 0.6) is 11.5 Å². The summed E-state index contributed by atoms with van der Waals surface area (Å²) in [5.41, 5.74) is 1.02. The first-order valence-corrected chi connectivity index (χ1v) is 9.82. The summed E-state index contributed by atoms with van der Waals surface area (Å²) in [5, 5.41) is 10.1. The van der Waals surface area contributed by atoms with Gasteiger partial charge in [-0.05, 0) is 24.2 Å². The van der Waals surface area contributed by atoms with Gasteiger partial charge in [-0.25, -0.2) is 8.42 Å². The van der Waals surface area contributed by atoms with Crippen molar-refractivity contribution in [2.45, 2.75) is 32.0 Å². The molecule has 1 N–H and O–H groups in total. The number of rotatable bonds is 4. The zero-order valence-electron chi connectivity index (χ0n) is 13.3. The number of aliphatic hydroxyl groups is 1. The van der Waals surface area contributed by atoms with Crippen molar-refractivity contribution in [3.8, 4) is 11.5 Å². The van der Waals surface area contributed by atoms with Gasteiger partial charge < -0.3 is 14.6 Å². The second-order valence-corrected chi connectivity index (χ2v) is 8.26. The van der Waals surface area contributed by atoms with E-state index >= 15 is 0 Å². The van der Waals surface area contributed by atoms with Crippen LogP contribution in [-0.4, -0.2) is 61.8 Å². The van der Waals surface area contributed by atoms with Gasteiger partial charge in [0.25, 0.3) is 0 Å². The van der Waals surface area contributed by atoms with Crippen molar-refractivity contribution >= 4 is 9.84 Å². The Kier molecular flexibility index (Phi) is 4.79. The van der Waals surface area contributed by atoms with Crippen molar-refractivity contribution in [1.29, 1.82) is 0 Å². The molecule has 2 atom stereocenters. The Balaban J connectivity index is 1.76. The van der Waals surface area contributed by atoms with Gasteiger partial charge in [0.2, 0.25) is 0 Å². The summed E-state index contributed by atoms with van der Waals surface area (Å²) < 4.78 is 34.8. The van der Waals surface area contributed by atoms with E-state index in [9.17, 15) is 13.5 Å². The average molecular weight is 341 g/mol. The molecule has 1 aromatic carbocycles. The molecule has 0 aromatic heterocycles. The largest absolute Gasteiger partial charge is 0.490 e. The topological polar surface area (TPSA) is 76.1 Å². The molecule has 0 aliphatic carbocycles. The third-order valence-corrected chi connectivity index (χ3v) is 6.07. The SMILES string of the molecule is CCN(Cc1ccc2c(c1)OCCCO2)[C@H]1CS(=O)(=O)C[C@@H]1O. The normalized spacial score (nSPS) is 26.2. The minimum Gasteiger partial charge on any atom is -0.490 e. The van der Waals surface area contributed by atoms with Crippen LogP contribution < -0.4 is 9.47 Å². The molecule has 1 fully saturated rings. The molecule has 6 nitrogen and oxygen atoms in total. The predicted octanol–water partition coefficient (Wildman–Crippen LogP) is 0.828. The molecular weight excluding hydrogens is 318 g/mol. The fourth-order valence-electron chi connectivity index (χ4n) is 3.16. The van der Waals surface area contributed by atoms with Crippen LogP contribution in [0, 0.1) is 0 Å². The van der Waals surface area contributed by atoms with Gasteiger partial charge in [0.05, 0.1) is 36.9 Å². The van der Waals surface area contributed by atoms with Gasteiger partial charge in [-0.3, -0.25) is 4.90 Å². The third kappa shape index (κ3) is 3.79. The lowest BCUT2D eigenvalue weighted by Crippen LogP contribution is -2.42. The molecule has 2 aliphatic heterocycles. The molecule has 23 heavy (non-hydrogen) atoms. The van der Waals surface area contributed by atoms with Crippen molar-refractivity contribution in [1.82, 2.24) is 4.90 Å². The molecule has 1 saturated heterocycles. The van der Waals surface area contributed by atoms with Crippen molar-refractivity contribution in [2.75, 3.05) is 31.3 Å². The van der Waals surface area contributed by atoms with E-state index in [1.807, 2.05) is 30.0 Å². The number of aliphatic hydroxyl groups excluding tert-OH is 1. The molecule has 0 radical (unpaired) electrons. The quantitative estimate of drug-likeness (QED) is 0.874. The van der Waals surface area contributed by atoms with Crippen LogP contribution in [0.3, 0.4) is 0 Å². The van der Waals surface area contributed by atoms with E-state index in [4.69, 9.17) is 9.47 Å². The maximum atomic E-state index is 11.7. The second-order valence-electron chi connectivity index (χ2n) is 6.11. The van der Waals surface area contributed by atoms with E-state index in [-0.39, 0.29) is 17.5 Å². The number of sulfone groups is 1. The highest BCUT2D eigenvalue weighted by Crippen LogP contribution is 2.31. The van der Waals surface area contributed by atoms with Gasteiger partial charge in [0, 0.05) is 13.0 Å². The highest BCUT2D eigenvalue weighted by atomic mass is 32.2. The molecule has 3 rings (SSSR count). The van der Waals surface area contributed by atoms with Gasteiger partial charge in [0.1, 0.15) is 0 Å².